The number of hydrogen-bond donors (Lipinski definition) is 0. The number of hydrogen-bond acceptors (Lipinski definition) is 2. The van der Waals surface area contributed by atoms with E-state index in [-0.39, 0.29) is 12.2 Å². The third-order valence-electron chi connectivity index (χ3n) is 3.71. The van der Waals surface area contributed by atoms with Crippen LogP contribution in [0.3, 0.4) is 0 Å². The van der Waals surface area contributed by atoms with Gasteiger partial charge in [-0.3, -0.25) is 0 Å². The summed E-state index contributed by atoms with van der Waals surface area (Å²) in [7, 11) is 0. The van der Waals surface area contributed by atoms with Crippen LogP contribution < -0.4 is 8.79 Å². The first-order valence-electron chi connectivity index (χ1n) is 7.17. The van der Waals surface area contributed by atoms with Crippen LogP contribution in [0.2, 0.25) is 0 Å². The molecule has 1 aliphatic heterocycles. The van der Waals surface area contributed by atoms with E-state index >= 15 is 0 Å². The minimum absolute atomic E-state index is 0.249. The first-order chi connectivity index (χ1) is 9.71. The average molecular weight is 329 g/mol. The summed E-state index contributed by atoms with van der Waals surface area (Å²) in [4.78, 5) is 0. The first kappa shape index (κ1) is 13.9. The van der Waals surface area contributed by atoms with Crippen molar-refractivity contribution in [2.75, 3.05) is 0 Å². The number of rotatable bonds is 2. The van der Waals surface area contributed by atoms with Gasteiger partial charge < -0.3 is 0 Å². The Morgan fingerprint density at radius 3 is 1.55 bits per heavy atom. The van der Waals surface area contributed by atoms with Crippen LogP contribution in [0, 0.1) is 0 Å². The Morgan fingerprint density at radius 2 is 1.15 bits per heavy atom. The van der Waals surface area contributed by atoms with Gasteiger partial charge in [-0.2, -0.15) is 0 Å². The van der Waals surface area contributed by atoms with Gasteiger partial charge in [-0.15, -0.1) is 0 Å². The normalized spacial score (nSPS) is 25.3. The molecule has 0 unspecified atom stereocenters. The van der Waals surface area contributed by atoms with Crippen molar-refractivity contribution in [1.82, 2.24) is 0 Å². The predicted octanol–water partition coefficient (Wildman–Crippen LogP) is 2.46. The molecule has 1 aliphatic rings. The van der Waals surface area contributed by atoms with Crippen molar-refractivity contribution in [1.29, 1.82) is 0 Å². The summed E-state index contributed by atoms with van der Waals surface area (Å²) in [6, 6.07) is 21.0. The summed E-state index contributed by atoms with van der Waals surface area (Å²) < 4.78 is 15.4. The van der Waals surface area contributed by atoms with Crippen molar-refractivity contribution in [3.8, 4) is 0 Å². The van der Waals surface area contributed by atoms with Crippen molar-refractivity contribution in [2.24, 2.45) is 0 Å². The first-order valence-corrected chi connectivity index (χ1v) is 11.0. The fourth-order valence-corrected chi connectivity index (χ4v) is 10.3. The van der Waals surface area contributed by atoms with Gasteiger partial charge in [0.05, 0.1) is 0 Å². The maximum absolute atomic E-state index is 6.48. The molecule has 1 heterocycles. The van der Waals surface area contributed by atoms with Crippen LogP contribution in [0.25, 0.3) is 0 Å². The molecule has 104 valence electrons. The predicted molar refractivity (Wildman–Crippen MR) is 83.6 cm³/mol. The summed E-state index contributed by atoms with van der Waals surface area (Å²) in [5.41, 5.74) is 0. The van der Waals surface area contributed by atoms with Crippen LogP contribution in [0.4, 0.5) is 0 Å². The molecular formula is C17H20GeO2. The van der Waals surface area contributed by atoms with E-state index in [1.165, 1.54) is 8.79 Å². The Bertz CT molecular complexity index is 504. The van der Waals surface area contributed by atoms with Crippen LogP contribution in [0.5, 0.6) is 0 Å². The molecule has 1 fully saturated rings. The van der Waals surface area contributed by atoms with E-state index in [4.69, 9.17) is 7.53 Å². The Labute approximate surface area is 123 Å². The zero-order valence-corrected chi connectivity index (χ0v) is 14.0. The van der Waals surface area contributed by atoms with Crippen molar-refractivity contribution in [3.63, 3.8) is 0 Å². The van der Waals surface area contributed by atoms with Crippen molar-refractivity contribution >= 4 is 22.7 Å². The minimum atomic E-state index is -3.18. The van der Waals surface area contributed by atoms with Gasteiger partial charge in [0, 0.05) is 0 Å². The summed E-state index contributed by atoms with van der Waals surface area (Å²) in [5, 5.41) is 0. The van der Waals surface area contributed by atoms with Gasteiger partial charge in [-0.05, 0) is 0 Å². The van der Waals surface area contributed by atoms with Gasteiger partial charge in [0.15, 0.2) is 0 Å². The molecule has 3 heteroatoms. The van der Waals surface area contributed by atoms with Crippen molar-refractivity contribution in [3.05, 3.63) is 60.7 Å². The van der Waals surface area contributed by atoms with Gasteiger partial charge in [-0.1, -0.05) is 0 Å². The van der Waals surface area contributed by atoms with Crippen molar-refractivity contribution in [2.45, 2.75) is 32.5 Å². The molecule has 0 N–H and O–H groups in total. The quantitative estimate of drug-likeness (QED) is 0.788. The van der Waals surface area contributed by atoms with Crippen LogP contribution in [-0.2, 0) is 7.53 Å². The monoisotopic (exact) mass is 330 g/mol. The zero-order chi connectivity index (χ0) is 14.0. The summed E-state index contributed by atoms with van der Waals surface area (Å²) in [5.74, 6) is 0. The maximum atomic E-state index is 6.48. The van der Waals surface area contributed by atoms with Gasteiger partial charge in [0.25, 0.3) is 0 Å². The SMILES string of the molecule is C[C@@H]1C[C@H](C)[O][Ge]([c]2ccccc2)([c]2ccccc2)[O]1. The van der Waals surface area contributed by atoms with Crippen LogP contribution >= 0.6 is 0 Å². The molecule has 0 aliphatic carbocycles. The summed E-state index contributed by atoms with van der Waals surface area (Å²) in [6.45, 7) is 4.32. The van der Waals surface area contributed by atoms with E-state index in [0.29, 0.717) is 0 Å². The third kappa shape index (κ3) is 2.56. The molecule has 0 bridgehead atoms. The summed E-state index contributed by atoms with van der Waals surface area (Å²) >= 11 is -3.18. The van der Waals surface area contributed by atoms with Gasteiger partial charge in [0.2, 0.25) is 0 Å². The molecular weight excluding hydrogens is 309 g/mol. The van der Waals surface area contributed by atoms with E-state index in [0.717, 1.165) is 6.42 Å². The Kier molecular flexibility index (Phi) is 3.97. The van der Waals surface area contributed by atoms with Gasteiger partial charge in [-0.25, -0.2) is 0 Å². The molecule has 2 atom stereocenters. The molecule has 0 spiro atoms. The van der Waals surface area contributed by atoms with E-state index in [1.54, 1.807) is 0 Å². The molecule has 3 rings (SSSR count). The molecule has 0 radical (unpaired) electrons. The molecule has 2 nitrogen and oxygen atoms in total. The van der Waals surface area contributed by atoms with Gasteiger partial charge in [0.1, 0.15) is 0 Å². The summed E-state index contributed by atoms with van der Waals surface area (Å²) in [6.07, 6.45) is 1.46. The molecule has 1 saturated heterocycles. The van der Waals surface area contributed by atoms with E-state index in [1.807, 2.05) is 12.1 Å². The Hall–Kier alpha value is -1.10. The molecule has 2 aromatic rings. The average Bonchev–Trinajstić information content (AvgIpc) is 2.48. The topological polar surface area (TPSA) is 18.5 Å². The van der Waals surface area contributed by atoms with Crippen LogP contribution in [0.15, 0.2) is 60.7 Å². The van der Waals surface area contributed by atoms with E-state index < -0.39 is 13.9 Å². The van der Waals surface area contributed by atoms with E-state index in [9.17, 15) is 0 Å². The Balaban J connectivity index is 2.13. The zero-order valence-electron chi connectivity index (χ0n) is 12.0. The second-order valence-electron chi connectivity index (χ2n) is 5.44. The molecule has 0 amide bonds. The third-order valence-corrected chi connectivity index (χ3v) is 11.4. The molecule has 2 aromatic carbocycles. The molecule has 0 aromatic heterocycles. The fraction of sp³-hybridized carbons (Fsp3) is 0.294. The van der Waals surface area contributed by atoms with Crippen LogP contribution in [-0.4, -0.2) is 26.1 Å². The molecule has 0 saturated carbocycles. The van der Waals surface area contributed by atoms with Crippen molar-refractivity contribution < 1.29 is 7.53 Å². The van der Waals surface area contributed by atoms with E-state index in [2.05, 4.69) is 62.4 Å². The Morgan fingerprint density at radius 1 is 0.750 bits per heavy atom. The second kappa shape index (κ2) is 5.72. The fourth-order valence-electron chi connectivity index (χ4n) is 2.91. The second-order valence-corrected chi connectivity index (χ2v) is 11.4. The standard InChI is InChI=1S/C17H20GeO2/c1-14-13-15(2)20-18(19-14,16-9-5-3-6-10-16)17-11-7-4-8-12-17/h3-12,14-15H,13H2,1-2H3/t14-,15+. The molecule has 20 heavy (non-hydrogen) atoms. The van der Waals surface area contributed by atoms with Gasteiger partial charge >= 0.3 is 123 Å². The van der Waals surface area contributed by atoms with Crippen LogP contribution in [0.1, 0.15) is 20.3 Å². The number of benzene rings is 2.